The van der Waals surface area contributed by atoms with E-state index in [0.717, 1.165) is 13.1 Å². The van der Waals surface area contributed by atoms with Crippen molar-refractivity contribution in [2.24, 2.45) is 0 Å². The van der Waals surface area contributed by atoms with E-state index in [4.69, 9.17) is 0 Å². The number of anilines is 1. The van der Waals surface area contributed by atoms with Gasteiger partial charge in [-0.1, -0.05) is 59.8 Å². The van der Waals surface area contributed by atoms with Crippen molar-refractivity contribution < 1.29 is 4.58 Å². The van der Waals surface area contributed by atoms with Gasteiger partial charge < -0.3 is 0 Å². The molecule has 0 amide bonds. The zero-order valence-corrected chi connectivity index (χ0v) is 17.0. The number of hydrogen-bond donors (Lipinski definition) is 0. The van der Waals surface area contributed by atoms with Crippen LogP contribution in [0, 0.1) is 20.8 Å². The van der Waals surface area contributed by atoms with E-state index < -0.39 is 0 Å². The SMILES string of the molecule is Cc1cc(C)c([N+]2=CN(c3ccccc3Sc3ccccc3)CC2)c(C)c1. The van der Waals surface area contributed by atoms with Gasteiger partial charge in [0.1, 0.15) is 24.5 Å². The number of aryl methyl sites for hydroxylation is 3. The Bertz CT molecular complexity index is 969. The molecule has 0 aromatic heterocycles. The van der Waals surface area contributed by atoms with E-state index in [2.05, 4.69) is 103 Å². The second kappa shape index (κ2) is 7.61. The van der Waals surface area contributed by atoms with Crippen LogP contribution in [0.5, 0.6) is 0 Å². The van der Waals surface area contributed by atoms with Gasteiger partial charge in [0.15, 0.2) is 0 Å². The lowest BCUT2D eigenvalue weighted by Crippen LogP contribution is -2.18. The molecule has 2 nitrogen and oxygen atoms in total. The summed E-state index contributed by atoms with van der Waals surface area (Å²) in [5, 5.41) is 0. The Kier molecular flexibility index (Phi) is 5.04. The van der Waals surface area contributed by atoms with Crippen LogP contribution in [0.3, 0.4) is 0 Å². The van der Waals surface area contributed by atoms with Crippen LogP contribution in [0.2, 0.25) is 0 Å². The van der Waals surface area contributed by atoms with Gasteiger partial charge in [-0.2, -0.15) is 0 Å². The number of benzene rings is 3. The van der Waals surface area contributed by atoms with Gasteiger partial charge in [0.2, 0.25) is 6.34 Å². The van der Waals surface area contributed by atoms with Crippen LogP contribution in [-0.4, -0.2) is 24.0 Å². The molecule has 1 aliphatic heterocycles. The van der Waals surface area contributed by atoms with Crippen molar-refractivity contribution >= 4 is 29.5 Å². The predicted octanol–water partition coefficient (Wildman–Crippen LogP) is 5.96. The lowest BCUT2D eigenvalue weighted by Gasteiger charge is -2.11. The van der Waals surface area contributed by atoms with Crippen molar-refractivity contribution in [3.8, 4) is 0 Å². The summed E-state index contributed by atoms with van der Waals surface area (Å²) in [5.41, 5.74) is 6.64. The first-order valence-electron chi connectivity index (χ1n) is 9.40. The second-order valence-corrected chi connectivity index (χ2v) is 8.25. The van der Waals surface area contributed by atoms with Crippen LogP contribution in [0.1, 0.15) is 16.7 Å². The monoisotopic (exact) mass is 373 g/mol. The summed E-state index contributed by atoms with van der Waals surface area (Å²) >= 11 is 1.83. The molecule has 3 heteroatoms. The lowest BCUT2D eigenvalue weighted by molar-refractivity contribution is -0.425. The van der Waals surface area contributed by atoms with E-state index in [1.54, 1.807) is 0 Å². The third-order valence-electron chi connectivity index (χ3n) is 4.93. The zero-order chi connectivity index (χ0) is 18.8. The van der Waals surface area contributed by atoms with Crippen LogP contribution in [0.15, 0.2) is 76.5 Å². The van der Waals surface area contributed by atoms with Gasteiger partial charge in [-0.3, -0.25) is 0 Å². The van der Waals surface area contributed by atoms with E-state index in [0.29, 0.717) is 0 Å². The molecule has 0 radical (unpaired) electrons. The first-order valence-corrected chi connectivity index (χ1v) is 10.2. The molecule has 0 spiro atoms. The molecule has 0 bridgehead atoms. The van der Waals surface area contributed by atoms with Crippen LogP contribution < -0.4 is 4.90 Å². The van der Waals surface area contributed by atoms with Crippen molar-refractivity contribution in [1.29, 1.82) is 0 Å². The van der Waals surface area contributed by atoms with Gasteiger partial charge in [-0.15, -0.1) is 0 Å². The first-order chi connectivity index (χ1) is 13.1. The number of nitrogens with zero attached hydrogens (tertiary/aromatic N) is 2. The molecule has 0 saturated heterocycles. The highest BCUT2D eigenvalue weighted by atomic mass is 32.2. The third-order valence-corrected chi connectivity index (χ3v) is 6.00. The summed E-state index contributed by atoms with van der Waals surface area (Å²) in [6, 6.07) is 23.8. The van der Waals surface area contributed by atoms with Crippen molar-refractivity contribution in [3.05, 3.63) is 83.4 Å². The molecule has 3 aromatic carbocycles. The van der Waals surface area contributed by atoms with E-state index in [1.165, 1.54) is 37.9 Å². The largest absolute Gasteiger partial charge is 0.244 e. The van der Waals surface area contributed by atoms with Crippen LogP contribution >= 0.6 is 11.8 Å². The topological polar surface area (TPSA) is 6.25 Å². The minimum absolute atomic E-state index is 0.999. The molecule has 27 heavy (non-hydrogen) atoms. The Morgan fingerprint density at radius 2 is 1.52 bits per heavy atom. The fourth-order valence-corrected chi connectivity index (χ4v) is 4.86. The third kappa shape index (κ3) is 3.79. The van der Waals surface area contributed by atoms with Gasteiger partial charge in [0.05, 0.1) is 4.90 Å². The molecule has 0 fully saturated rings. The Balaban J connectivity index is 1.66. The van der Waals surface area contributed by atoms with E-state index in [-0.39, 0.29) is 0 Å². The molecule has 136 valence electrons. The van der Waals surface area contributed by atoms with Gasteiger partial charge in [-0.25, -0.2) is 9.48 Å². The fraction of sp³-hybridized carbons (Fsp3) is 0.208. The van der Waals surface area contributed by atoms with Crippen LogP contribution in [0.25, 0.3) is 0 Å². The Labute approximate surface area is 166 Å². The average molecular weight is 374 g/mol. The number of para-hydroxylation sites is 1. The lowest BCUT2D eigenvalue weighted by atomic mass is 10.0. The summed E-state index contributed by atoms with van der Waals surface area (Å²) < 4.78 is 2.40. The highest BCUT2D eigenvalue weighted by molar-refractivity contribution is 7.99. The van der Waals surface area contributed by atoms with Gasteiger partial charge in [0, 0.05) is 4.90 Å². The molecule has 1 aliphatic rings. The number of hydrogen-bond acceptors (Lipinski definition) is 2. The van der Waals surface area contributed by atoms with Crippen LogP contribution in [-0.2, 0) is 0 Å². The average Bonchev–Trinajstić information content (AvgIpc) is 3.11. The highest BCUT2D eigenvalue weighted by Crippen LogP contribution is 2.36. The molecule has 0 atom stereocenters. The molecule has 1 heterocycles. The second-order valence-electron chi connectivity index (χ2n) is 7.13. The van der Waals surface area contributed by atoms with E-state index in [9.17, 15) is 0 Å². The van der Waals surface area contributed by atoms with Gasteiger partial charge >= 0.3 is 0 Å². The smallest absolute Gasteiger partial charge is 0.229 e. The van der Waals surface area contributed by atoms with Crippen molar-refractivity contribution in [2.45, 2.75) is 30.6 Å². The molecular weight excluding hydrogens is 348 g/mol. The highest BCUT2D eigenvalue weighted by Gasteiger charge is 2.26. The van der Waals surface area contributed by atoms with Crippen molar-refractivity contribution in [1.82, 2.24) is 0 Å². The quantitative estimate of drug-likeness (QED) is 0.521. The Hall–Kier alpha value is -2.52. The number of rotatable bonds is 4. The summed E-state index contributed by atoms with van der Waals surface area (Å²) in [6.07, 6.45) is 2.27. The molecule has 4 rings (SSSR count). The summed E-state index contributed by atoms with van der Waals surface area (Å²) in [4.78, 5) is 4.94. The first kappa shape index (κ1) is 17.9. The molecule has 0 aliphatic carbocycles. The molecule has 3 aromatic rings. The normalized spacial score (nSPS) is 13.7. The Morgan fingerprint density at radius 1 is 0.852 bits per heavy atom. The van der Waals surface area contributed by atoms with Crippen LogP contribution in [0.4, 0.5) is 11.4 Å². The molecule has 0 N–H and O–H groups in total. The zero-order valence-electron chi connectivity index (χ0n) is 16.1. The summed E-state index contributed by atoms with van der Waals surface area (Å²) in [6.45, 7) is 8.60. The fourth-order valence-electron chi connectivity index (χ4n) is 3.87. The molecular formula is C24H25N2S+. The summed E-state index contributed by atoms with van der Waals surface area (Å²) in [7, 11) is 0. The standard InChI is InChI=1S/C24H25N2S/c1-18-15-19(2)24(20(3)16-18)26-14-13-25(17-26)22-11-7-8-12-23(22)27-21-9-5-4-6-10-21/h4-12,15-17H,13-14H2,1-3H3/q+1. The summed E-state index contributed by atoms with van der Waals surface area (Å²) in [5.74, 6) is 0. The minimum Gasteiger partial charge on any atom is -0.229 e. The van der Waals surface area contributed by atoms with Gasteiger partial charge in [0.25, 0.3) is 0 Å². The van der Waals surface area contributed by atoms with E-state index >= 15 is 0 Å². The van der Waals surface area contributed by atoms with Crippen molar-refractivity contribution in [3.63, 3.8) is 0 Å². The maximum Gasteiger partial charge on any atom is 0.244 e. The maximum absolute atomic E-state index is 2.40. The molecule has 0 unspecified atom stereocenters. The Morgan fingerprint density at radius 3 is 2.26 bits per heavy atom. The molecule has 0 saturated carbocycles. The predicted molar refractivity (Wildman–Crippen MR) is 116 cm³/mol. The van der Waals surface area contributed by atoms with Gasteiger partial charge in [-0.05, 0) is 56.2 Å². The van der Waals surface area contributed by atoms with Crippen molar-refractivity contribution in [2.75, 3.05) is 18.0 Å². The minimum atomic E-state index is 0.999. The maximum atomic E-state index is 2.40. The van der Waals surface area contributed by atoms with E-state index in [1.807, 2.05) is 11.8 Å².